The maximum atomic E-state index is 14.0. The molecule has 0 spiro atoms. The lowest BCUT2D eigenvalue weighted by Gasteiger charge is -2.16. The van der Waals surface area contributed by atoms with Crippen molar-refractivity contribution in [3.63, 3.8) is 0 Å². The Labute approximate surface area is 123 Å². The van der Waals surface area contributed by atoms with Crippen molar-refractivity contribution < 1.29 is 21.2 Å². The van der Waals surface area contributed by atoms with Crippen molar-refractivity contribution >= 4 is 20.0 Å². The number of hydrogen-bond acceptors (Lipinski definition) is 4. The minimum Gasteiger partial charge on any atom is -0.225 e. The van der Waals surface area contributed by atoms with Gasteiger partial charge < -0.3 is 0 Å². The molecule has 21 heavy (non-hydrogen) atoms. The Morgan fingerprint density at radius 3 is 2.10 bits per heavy atom. The molecule has 2 atom stereocenters. The SMILES string of the molecule is CC1CN(S(=O)(=O)c2ccc(S(N)(=O)=O)cc2F)CC1C. The molecule has 0 aliphatic carbocycles. The van der Waals surface area contributed by atoms with Crippen LogP contribution in [0.5, 0.6) is 0 Å². The van der Waals surface area contributed by atoms with E-state index < -0.39 is 35.7 Å². The van der Waals surface area contributed by atoms with E-state index in [2.05, 4.69) is 0 Å². The van der Waals surface area contributed by atoms with Gasteiger partial charge in [-0.3, -0.25) is 0 Å². The van der Waals surface area contributed by atoms with Crippen molar-refractivity contribution in [1.29, 1.82) is 0 Å². The van der Waals surface area contributed by atoms with Gasteiger partial charge in [0.1, 0.15) is 10.7 Å². The predicted molar refractivity (Wildman–Crippen MR) is 74.9 cm³/mol. The van der Waals surface area contributed by atoms with Gasteiger partial charge in [-0.05, 0) is 30.0 Å². The average Bonchev–Trinajstić information content (AvgIpc) is 2.69. The largest absolute Gasteiger partial charge is 0.246 e. The van der Waals surface area contributed by atoms with E-state index in [1.807, 2.05) is 13.8 Å². The molecular weight excluding hydrogens is 319 g/mol. The third-order valence-corrected chi connectivity index (χ3v) is 6.58. The summed E-state index contributed by atoms with van der Waals surface area (Å²) in [7, 11) is -8.05. The molecule has 0 bridgehead atoms. The molecule has 0 radical (unpaired) electrons. The van der Waals surface area contributed by atoms with Crippen molar-refractivity contribution in [2.24, 2.45) is 17.0 Å². The summed E-state index contributed by atoms with van der Waals surface area (Å²) >= 11 is 0. The molecule has 6 nitrogen and oxygen atoms in total. The lowest BCUT2D eigenvalue weighted by molar-refractivity contribution is 0.456. The molecule has 2 unspecified atom stereocenters. The second kappa shape index (κ2) is 5.31. The molecular formula is C12H17FN2O4S2. The van der Waals surface area contributed by atoms with E-state index in [0.29, 0.717) is 19.2 Å². The van der Waals surface area contributed by atoms with Gasteiger partial charge in [0.05, 0.1) is 4.90 Å². The van der Waals surface area contributed by atoms with E-state index in [1.54, 1.807) is 0 Å². The lowest BCUT2D eigenvalue weighted by atomic mass is 10.0. The van der Waals surface area contributed by atoms with Crippen LogP contribution in [0.2, 0.25) is 0 Å². The number of halogens is 1. The zero-order valence-electron chi connectivity index (χ0n) is 11.7. The van der Waals surface area contributed by atoms with Gasteiger partial charge in [-0.15, -0.1) is 0 Å². The first-order valence-corrected chi connectivity index (χ1v) is 9.34. The van der Waals surface area contributed by atoms with Crippen LogP contribution in [0.3, 0.4) is 0 Å². The highest BCUT2D eigenvalue weighted by atomic mass is 32.2. The normalized spacial score (nSPS) is 24.4. The summed E-state index contributed by atoms with van der Waals surface area (Å²) in [5.74, 6) is -0.744. The van der Waals surface area contributed by atoms with Crippen molar-refractivity contribution in [3.8, 4) is 0 Å². The molecule has 2 rings (SSSR count). The maximum Gasteiger partial charge on any atom is 0.246 e. The van der Waals surface area contributed by atoms with Crippen LogP contribution in [-0.2, 0) is 20.0 Å². The standard InChI is InChI=1S/C12H17FN2O4S2/c1-8-6-15(7-9(8)2)21(18,19)12-4-3-10(5-11(12)13)20(14,16)17/h3-5,8-9H,6-7H2,1-2H3,(H2,14,16,17). The van der Waals surface area contributed by atoms with Crippen LogP contribution in [0.15, 0.2) is 28.0 Å². The minimum atomic E-state index is -4.07. The molecule has 1 aliphatic heterocycles. The predicted octanol–water partition coefficient (Wildman–Crippen LogP) is 0.750. The number of nitrogens with zero attached hydrogens (tertiary/aromatic N) is 1. The second-order valence-corrected chi connectivity index (χ2v) is 8.88. The molecule has 1 aromatic carbocycles. The number of hydrogen-bond donors (Lipinski definition) is 1. The van der Waals surface area contributed by atoms with Crippen LogP contribution in [0.25, 0.3) is 0 Å². The summed E-state index contributed by atoms with van der Waals surface area (Å²) in [6.45, 7) is 4.50. The van der Waals surface area contributed by atoms with Gasteiger partial charge in [0.25, 0.3) is 0 Å². The third-order valence-electron chi connectivity index (χ3n) is 3.80. The zero-order valence-corrected chi connectivity index (χ0v) is 13.3. The summed E-state index contributed by atoms with van der Waals surface area (Å²) in [6.07, 6.45) is 0. The highest BCUT2D eigenvalue weighted by Crippen LogP contribution is 2.29. The van der Waals surface area contributed by atoms with E-state index in [-0.39, 0.29) is 11.8 Å². The van der Waals surface area contributed by atoms with Crippen LogP contribution in [0.1, 0.15) is 13.8 Å². The molecule has 1 saturated heterocycles. The van der Waals surface area contributed by atoms with Gasteiger partial charge in [0.2, 0.25) is 20.0 Å². The Bertz CT molecular complexity index is 751. The quantitative estimate of drug-likeness (QED) is 0.880. The van der Waals surface area contributed by atoms with Crippen LogP contribution in [0, 0.1) is 17.7 Å². The first-order chi connectivity index (χ1) is 9.53. The van der Waals surface area contributed by atoms with Crippen molar-refractivity contribution in [2.75, 3.05) is 13.1 Å². The highest BCUT2D eigenvalue weighted by Gasteiger charge is 2.36. The average molecular weight is 336 g/mol. The Morgan fingerprint density at radius 1 is 1.14 bits per heavy atom. The molecule has 0 aromatic heterocycles. The van der Waals surface area contributed by atoms with Gasteiger partial charge in [0, 0.05) is 13.1 Å². The van der Waals surface area contributed by atoms with E-state index >= 15 is 0 Å². The molecule has 2 N–H and O–H groups in total. The van der Waals surface area contributed by atoms with E-state index in [0.717, 1.165) is 12.1 Å². The minimum absolute atomic E-state index is 0.187. The molecule has 1 heterocycles. The Balaban J connectivity index is 2.43. The van der Waals surface area contributed by atoms with Crippen LogP contribution >= 0.6 is 0 Å². The van der Waals surface area contributed by atoms with Gasteiger partial charge in [0.15, 0.2) is 0 Å². The fraction of sp³-hybridized carbons (Fsp3) is 0.500. The van der Waals surface area contributed by atoms with E-state index in [4.69, 9.17) is 5.14 Å². The van der Waals surface area contributed by atoms with Crippen molar-refractivity contribution in [3.05, 3.63) is 24.0 Å². The number of nitrogens with two attached hydrogens (primary N) is 1. The van der Waals surface area contributed by atoms with E-state index in [9.17, 15) is 21.2 Å². The Morgan fingerprint density at radius 2 is 1.67 bits per heavy atom. The molecule has 1 fully saturated rings. The number of rotatable bonds is 3. The van der Waals surface area contributed by atoms with Crippen molar-refractivity contribution in [1.82, 2.24) is 4.31 Å². The van der Waals surface area contributed by atoms with E-state index in [1.165, 1.54) is 4.31 Å². The summed E-state index contributed by atoms with van der Waals surface area (Å²) < 4.78 is 62.3. The first kappa shape index (κ1) is 16.3. The molecule has 1 aromatic rings. The van der Waals surface area contributed by atoms with Gasteiger partial charge in [-0.2, -0.15) is 4.31 Å². The fourth-order valence-electron chi connectivity index (χ4n) is 2.28. The third kappa shape index (κ3) is 3.10. The van der Waals surface area contributed by atoms with Gasteiger partial charge >= 0.3 is 0 Å². The van der Waals surface area contributed by atoms with Crippen LogP contribution < -0.4 is 5.14 Å². The lowest BCUT2D eigenvalue weighted by Crippen LogP contribution is -2.30. The van der Waals surface area contributed by atoms with Gasteiger partial charge in [-0.25, -0.2) is 26.4 Å². The summed E-state index contributed by atoms with van der Waals surface area (Å²) in [4.78, 5) is -0.988. The topological polar surface area (TPSA) is 97.5 Å². The Hall–Kier alpha value is -1.03. The van der Waals surface area contributed by atoms with Crippen molar-refractivity contribution in [2.45, 2.75) is 23.6 Å². The molecule has 0 amide bonds. The maximum absolute atomic E-state index is 14.0. The zero-order chi connectivity index (χ0) is 16.0. The smallest absolute Gasteiger partial charge is 0.225 e. The highest BCUT2D eigenvalue weighted by molar-refractivity contribution is 7.89. The summed E-state index contributed by atoms with van der Waals surface area (Å²) in [6, 6.07) is 2.57. The second-order valence-electron chi connectivity index (χ2n) is 5.41. The number of sulfonamides is 2. The molecule has 9 heteroatoms. The fourth-order valence-corrected chi connectivity index (χ4v) is 4.49. The molecule has 0 saturated carbocycles. The Kier molecular flexibility index (Phi) is 4.13. The van der Waals surface area contributed by atoms with Crippen LogP contribution in [0.4, 0.5) is 4.39 Å². The molecule has 118 valence electrons. The number of primary sulfonamides is 1. The molecule has 1 aliphatic rings. The summed E-state index contributed by atoms with van der Waals surface area (Å²) in [5.41, 5.74) is 0. The van der Waals surface area contributed by atoms with Crippen LogP contribution in [-0.4, -0.2) is 34.2 Å². The number of benzene rings is 1. The first-order valence-electron chi connectivity index (χ1n) is 6.36. The monoisotopic (exact) mass is 336 g/mol. The van der Waals surface area contributed by atoms with Gasteiger partial charge in [-0.1, -0.05) is 13.8 Å². The summed E-state index contributed by atoms with van der Waals surface area (Å²) in [5, 5.41) is 4.89.